The molecule has 0 aliphatic rings. The molecule has 0 saturated carbocycles. The van der Waals surface area contributed by atoms with Crippen molar-refractivity contribution in [2.75, 3.05) is 0 Å². The van der Waals surface area contributed by atoms with Crippen LogP contribution in [0, 0.1) is 13.8 Å². The Bertz CT molecular complexity index is 323. The van der Waals surface area contributed by atoms with Crippen molar-refractivity contribution in [2.45, 2.75) is 27.1 Å². The molecule has 4 heteroatoms. The highest BCUT2D eigenvalue weighted by Crippen LogP contribution is 2.36. The molecule has 0 aliphatic carbocycles. The fourth-order valence-electron chi connectivity index (χ4n) is 1.43. The minimum absolute atomic E-state index is 0.0631. The van der Waals surface area contributed by atoms with Crippen molar-refractivity contribution in [3.8, 4) is 11.5 Å². The van der Waals surface area contributed by atoms with Crippen molar-refractivity contribution < 1.29 is 20.4 Å². The van der Waals surface area contributed by atoms with Crippen LogP contribution in [-0.2, 0) is 13.2 Å². The Kier molecular flexibility index (Phi) is 2.98. The van der Waals surface area contributed by atoms with Gasteiger partial charge in [0.1, 0.15) is 11.5 Å². The van der Waals surface area contributed by atoms with Crippen LogP contribution in [0.2, 0.25) is 0 Å². The van der Waals surface area contributed by atoms with Crippen LogP contribution in [0.1, 0.15) is 22.3 Å². The van der Waals surface area contributed by atoms with Gasteiger partial charge in [0.15, 0.2) is 0 Å². The third kappa shape index (κ3) is 1.42. The lowest BCUT2D eigenvalue weighted by Gasteiger charge is -2.15. The summed E-state index contributed by atoms with van der Waals surface area (Å²) in [6.45, 7) is 2.47. The van der Waals surface area contributed by atoms with Crippen molar-refractivity contribution in [3.63, 3.8) is 0 Å². The Morgan fingerprint density at radius 1 is 0.786 bits per heavy atom. The van der Waals surface area contributed by atoms with Gasteiger partial charge in [0.2, 0.25) is 0 Å². The number of rotatable bonds is 2. The van der Waals surface area contributed by atoms with Crippen LogP contribution < -0.4 is 0 Å². The molecule has 1 aromatic rings. The lowest BCUT2D eigenvalue weighted by Crippen LogP contribution is -1.99. The van der Waals surface area contributed by atoms with E-state index in [0.717, 1.165) is 0 Å². The molecule has 0 bridgehead atoms. The fraction of sp³-hybridized carbons (Fsp3) is 0.400. The average Bonchev–Trinajstić information content (AvgIpc) is 2.20. The summed E-state index contributed by atoms with van der Waals surface area (Å²) in [7, 11) is 0. The summed E-state index contributed by atoms with van der Waals surface area (Å²) in [5.74, 6) is -0.126. The second-order valence-electron chi connectivity index (χ2n) is 3.22. The maximum absolute atomic E-state index is 9.63. The first-order valence-corrected chi connectivity index (χ1v) is 4.29. The van der Waals surface area contributed by atoms with Gasteiger partial charge in [-0.25, -0.2) is 0 Å². The normalized spacial score (nSPS) is 10.6. The highest BCUT2D eigenvalue weighted by Gasteiger charge is 2.17. The summed E-state index contributed by atoms with van der Waals surface area (Å²) in [5, 5.41) is 37.2. The van der Waals surface area contributed by atoms with E-state index in [2.05, 4.69) is 0 Å². The number of benzene rings is 1. The second-order valence-corrected chi connectivity index (χ2v) is 3.22. The first-order valence-electron chi connectivity index (χ1n) is 4.29. The van der Waals surface area contributed by atoms with Crippen LogP contribution in [0.3, 0.4) is 0 Å². The van der Waals surface area contributed by atoms with Gasteiger partial charge in [0, 0.05) is 11.1 Å². The second kappa shape index (κ2) is 3.86. The molecule has 0 amide bonds. The van der Waals surface area contributed by atoms with E-state index in [1.54, 1.807) is 13.8 Å². The Balaban J connectivity index is 3.57. The number of hydrogen-bond donors (Lipinski definition) is 4. The molecule has 0 saturated heterocycles. The summed E-state index contributed by atoms with van der Waals surface area (Å²) in [6, 6.07) is 0. The molecule has 0 aromatic heterocycles. The number of aliphatic hydroxyl groups is 2. The van der Waals surface area contributed by atoms with Crippen LogP contribution in [0.5, 0.6) is 11.5 Å². The molecule has 4 N–H and O–H groups in total. The smallest absolute Gasteiger partial charge is 0.124 e. The first kappa shape index (κ1) is 10.8. The van der Waals surface area contributed by atoms with Crippen molar-refractivity contribution >= 4 is 0 Å². The van der Waals surface area contributed by atoms with E-state index >= 15 is 0 Å². The van der Waals surface area contributed by atoms with Crippen molar-refractivity contribution in [1.29, 1.82) is 0 Å². The summed E-state index contributed by atoms with van der Waals surface area (Å²) < 4.78 is 0. The maximum Gasteiger partial charge on any atom is 0.124 e. The van der Waals surface area contributed by atoms with Crippen LogP contribution in [-0.4, -0.2) is 20.4 Å². The molecule has 4 nitrogen and oxygen atoms in total. The Morgan fingerprint density at radius 2 is 1.07 bits per heavy atom. The molecule has 1 aromatic carbocycles. The third-order valence-corrected chi connectivity index (χ3v) is 2.53. The summed E-state index contributed by atoms with van der Waals surface area (Å²) in [4.78, 5) is 0. The van der Waals surface area contributed by atoms with Gasteiger partial charge in [0.05, 0.1) is 13.2 Å². The quantitative estimate of drug-likeness (QED) is 0.527. The molecule has 0 atom stereocenters. The minimum Gasteiger partial charge on any atom is -0.507 e. The molecule has 0 spiro atoms. The molecule has 78 valence electrons. The van der Waals surface area contributed by atoms with Gasteiger partial charge in [-0.2, -0.15) is 0 Å². The van der Waals surface area contributed by atoms with E-state index in [9.17, 15) is 10.2 Å². The fourth-order valence-corrected chi connectivity index (χ4v) is 1.43. The number of aromatic hydroxyl groups is 2. The van der Waals surface area contributed by atoms with Gasteiger partial charge in [0.25, 0.3) is 0 Å². The largest absolute Gasteiger partial charge is 0.507 e. The van der Waals surface area contributed by atoms with Gasteiger partial charge in [-0.1, -0.05) is 0 Å². The predicted molar refractivity (Wildman–Crippen MR) is 51.1 cm³/mol. The summed E-state index contributed by atoms with van der Waals surface area (Å²) >= 11 is 0. The van der Waals surface area contributed by atoms with Crippen LogP contribution in [0.15, 0.2) is 0 Å². The number of aliphatic hydroxyl groups excluding tert-OH is 2. The van der Waals surface area contributed by atoms with Crippen molar-refractivity contribution in [3.05, 3.63) is 22.3 Å². The van der Waals surface area contributed by atoms with Gasteiger partial charge in [-0.15, -0.1) is 0 Å². The highest BCUT2D eigenvalue weighted by molar-refractivity contribution is 5.56. The van der Waals surface area contributed by atoms with Crippen LogP contribution >= 0.6 is 0 Å². The monoisotopic (exact) mass is 198 g/mol. The van der Waals surface area contributed by atoms with E-state index < -0.39 is 13.2 Å². The Morgan fingerprint density at radius 3 is 1.29 bits per heavy atom. The molecule has 1 rings (SSSR count). The Hall–Kier alpha value is -1.26. The first-order chi connectivity index (χ1) is 6.54. The molecule has 0 heterocycles. The zero-order valence-electron chi connectivity index (χ0n) is 8.20. The van der Waals surface area contributed by atoms with Crippen LogP contribution in [0.4, 0.5) is 0 Å². The molecular weight excluding hydrogens is 184 g/mol. The van der Waals surface area contributed by atoms with Gasteiger partial charge in [-0.05, 0) is 25.0 Å². The summed E-state index contributed by atoms with van der Waals surface area (Å²) in [5.41, 5.74) is 1.41. The lowest BCUT2D eigenvalue weighted by atomic mass is 9.97. The number of hydrogen-bond acceptors (Lipinski definition) is 4. The topological polar surface area (TPSA) is 80.9 Å². The predicted octanol–water partition coefficient (Wildman–Crippen LogP) is 0.699. The van der Waals surface area contributed by atoms with Gasteiger partial charge < -0.3 is 20.4 Å². The minimum atomic E-state index is -0.406. The highest BCUT2D eigenvalue weighted by atomic mass is 16.3. The van der Waals surface area contributed by atoms with E-state index in [-0.39, 0.29) is 22.6 Å². The lowest BCUT2D eigenvalue weighted by molar-refractivity contribution is 0.249. The average molecular weight is 198 g/mol. The van der Waals surface area contributed by atoms with Crippen LogP contribution in [0.25, 0.3) is 0 Å². The van der Waals surface area contributed by atoms with E-state index in [1.807, 2.05) is 0 Å². The molecular formula is C10H14O4. The summed E-state index contributed by atoms with van der Waals surface area (Å²) in [6.07, 6.45) is 0. The molecule has 0 aliphatic heterocycles. The van der Waals surface area contributed by atoms with E-state index in [0.29, 0.717) is 11.1 Å². The van der Waals surface area contributed by atoms with Gasteiger partial charge in [-0.3, -0.25) is 0 Å². The van der Waals surface area contributed by atoms with Crippen molar-refractivity contribution in [2.24, 2.45) is 0 Å². The SMILES string of the molecule is Cc1c(C)c(O)c(CO)c(CO)c1O. The standard InChI is InChI=1S/C10H14O4/c1-5-6(2)10(14)8(4-12)7(3-11)9(5)13/h11-14H,3-4H2,1-2H3. The number of phenols is 2. The molecule has 0 unspecified atom stereocenters. The Labute approximate surface area is 82.1 Å². The zero-order chi connectivity index (χ0) is 10.9. The molecule has 0 fully saturated rings. The van der Waals surface area contributed by atoms with Crippen molar-refractivity contribution in [1.82, 2.24) is 0 Å². The van der Waals surface area contributed by atoms with E-state index in [1.165, 1.54) is 0 Å². The maximum atomic E-state index is 9.63. The molecule has 0 radical (unpaired) electrons. The molecule has 14 heavy (non-hydrogen) atoms. The van der Waals surface area contributed by atoms with Gasteiger partial charge >= 0.3 is 0 Å². The zero-order valence-corrected chi connectivity index (χ0v) is 8.20. The van der Waals surface area contributed by atoms with E-state index in [4.69, 9.17) is 10.2 Å². The third-order valence-electron chi connectivity index (χ3n) is 2.53.